The maximum Gasteiger partial charge on any atom is 0.274 e. The van der Waals surface area contributed by atoms with Gasteiger partial charge in [0, 0.05) is 37.8 Å². The van der Waals surface area contributed by atoms with Gasteiger partial charge in [-0.05, 0) is 45.2 Å². The number of aromatic hydroxyl groups is 1. The minimum atomic E-state index is -1.28. The summed E-state index contributed by atoms with van der Waals surface area (Å²) in [6, 6.07) is 2.96. The topological polar surface area (TPSA) is 109 Å². The molecule has 0 unspecified atom stereocenters. The van der Waals surface area contributed by atoms with Gasteiger partial charge < -0.3 is 19.5 Å². The molecule has 38 heavy (non-hydrogen) atoms. The van der Waals surface area contributed by atoms with Gasteiger partial charge in [0.05, 0.1) is 12.1 Å². The number of nitrogens with zero attached hydrogens (tertiary/aromatic N) is 5. The Morgan fingerprint density at radius 2 is 1.89 bits per heavy atom. The van der Waals surface area contributed by atoms with Gasteiger partial charge in [0.15, 0.2) is 16.5 Å². The number of carbonyl (C=O) groups is 2. The quantitative estimate of drug-likeness (QED) is 0.530. The van der Waals surface area contributed by atoms with Crippen molar-refractivity contribution in [3.8, 4) is 16.3 Å². The van der Waals surface area contributed by atoms with Crippen molar-refractivity contribution in [2.75, 3.05) is 19.6 Å². The summed E-state index contributed by atoms with van der Waals surface area (Å²) in [7, 11) is 0. The number of aromatic nitrogens is 3. The van der Waals surface area contributed by atoms with E-state index in [1.54, 1.807) is 11.8 Å². The zero-order valence-electron chi connectivity index (χ0n) is 21.2. The molecular weight excluding hydrogens is 516 g/mol. The van der Waals surface area contributed by atoms with E-state index in [1.807, 2.05) is 13.8 Å². The number of likely N-dealkylation sites (tertiary alicyclic amines) is 1. The highest BCUT2D eigenvalue weighted by molar-refractivity contribution is 7.14. The molecule has 200 valence electrons. The first kappa shape index (κ1) is 26.0. The van der Waals surface area contributed by atoms with Gasteiger partial charge in [0.1, 0.15) is 22.2 Å². The summed E-state index contributed by atoms with van der Waals surface area (Å²) >= 11 is 1.01. The molecule has 1 aromatic carbocycles. The van der Waals surface area contributed by atoms with E-state index in [-0.39, 0.29) is 46.7 Å². The summed E-state index contributed by atoms with van der Waals surface area (Å²) in [5.74, 6) is -2.93. The molecule has 1 saturated heterocycles. The first-order chi connectivity index (χ1) is 18.0. The first-order valence-electron chi connectivity index (χ1n) is 12.4. The van der Waals surface area contributed by atoms with Crippen LogP contribution in [0.3, 0.4) is 0 Å². The molecule has 1 N–H and O–H groups in total. The molecule has 2 amide bonds. The van der Waals surface area contributed by atoms with Gasteiger partial charge in [0.2, 0.25) is 11.3 Å². The predicted molar refractivity (Wildman–Crippen MR) is 136 cm³/mol. The van der Waals surface area contributed by atoms with E-state index in [4.69, 9.17) is 0 Å². The Balaban J connectivity index is 1.61. The molecular formula is C26H27F2N5O4S. The third-order valence-corrected chi connectivity index (χ3v) is 8.14. The highest BCUT2D eigenvalue weighted by atomic mass is 32.1. The van der Waals surface area contributed by atoms with E-state index in [1.165, 1.54) is 21.7 Å². The van der Waals surface area contributed by atoms with Crippen LogP contribution in [0.1, 0.15) is 54.7 Å². The van der Waals surface area contributed by atoms with Crippen LogP contribution in [0.2, 0.25) is 0 Å². The van der Waals surface area contributed by atoms with Crippen molar-refractivity contribution in [2.45, 2.75) is 51.6 Å². The van der Waals surface area contributed by atoms with Crippen LogP contribution in [0.15, 0.2) is 29.2 Å². The van der Waals surface area contributed by atoms with Gasteiger partial charge in [-0.1, -0.05) is 17.4 Å². The lowest BCUT2D eigenvalue weighted by Crippen LogP contribution is -2.61. The molecule has 0 saturated carbocycles. The van der Waals surface area contributed by atoms with Gasteiger partial charge in [0.25, 0.3) is 5.91 Å². The molecule has 1 fully saturated rings. The van der Waals surface area contributed by atoms with Crippen LogP contribution in [0.4, 0.5) is 8.78 Å². The largest absolute Gasteiger partial charge is 0.503 e. The van der Waals surface area contributed by atoms with E-state index < -0.39 is 34.3 Å². The van der Waals surface area contributed by atoms with E-state index in [2.05, 4.69) is 10.2 Å². The molecule has 2 aliphatic heterocycles. The van der Waals surface area contributed by atoms with Crippen molar-refractivity contribution in [2.24, 2.45) is 0 Å². The fraction of sp³-hybridized carbons (Fsp3) is 0.423. The second-order valence-electron chi connectivity index (χ2n) is 10.2. The van der Waals surface area contributed by atoms with Crippen LogP contribution in [0.25, 0.3) is 10.6 Å². The first-order valence-corrected chi connectivity index (χ1v) is 13.2. The van der Waals surface area contributed by atoms with E-state index in [9.17, 15) is 28.3 Å². The van der Waals surface area contributed by atoms with Gasteiger partial charge in [-0.25, -0.2) is 8.78 Å². The summed E-state index contributed by atoms with van der Waals surface area (Å²) in [6.07, 6.45) is 3.17. The Hall–Kier alpha value is -3.67. The summed E-state index contributed by atoms with van der Waals surface area (Å²) in [4.78, 5) is 43.7. The SMILES string of the molecule is CC(C)N1C[C@@](C)(C(=O)N2CCCC2)n2cc(-c3nnc(Cc4ccc(F)cc4F)s3)c(=O)c(O)c2C1=O. The van der Waals surface area contributed by atoms with Gasteiger partial charge in [-0.15, -0.1) is 10.2 Å². The fourth-order valence-electron chi connectivity index (χ4n) is 5.07. The van der Waals surface area contributed by atoms with Crippen molar-refractivity contribution in [3.63, 3.8) is 0 Å². The minimum Gasteiger partial charge on any atom is -0.503 e. The number of hydrogen-bond acceptors (Lipinski definition) is 7. The normalized spacial score (nSPS) is 19.4. The van der Waals surface area contributed by atoms with E-state index >= 15 is 0 Å². The van der Waals surface area contributed by atoms with Crippen molar-refractivity contribution in [1.29, 1.82) is 0 Å². The lowest BCUT2D eigenvalue weighted by atomic mass is 9.93. The molecule has 0 aliphatic carbocycles. The average Bonchev–Trinajstić information content (AvgIpc) is 3.57. The molecule has 9 nitrogen and oxygen atoms in total. The lowest BCUT2D eigenvalue weighted by molar-refractivity contribution is -0.140. The van der Waals surface area contributed by atoms with Crippen LogP contribution in [0, 0.1) is 11.6 Å². The number of benzene rings is 1. The zero-order chi connectivity index (χ0) is 27.4. The molecule has 0 radical (unpaired) electrons. The smallest absolute Gasteiger partial charge is 0.274 e. The maximum absolute atomic E-state index is 14.1. The van der Waals surface area contributed by atoms with Crippen LogP contribution < -0.4 is 5.43 Å². The second kappa shape index (κ2) is 9.57. The minimum absolute atomic E-state index is 0.0228. The number of carbonyl (C=O) groups excluding carboxylic acids is 2. The molecule has 1 atom stereocenters. The number of fused-ring (bicyclic) bond motifs is 1. The average molecular weight is 544 g/mol. The van der Waals surface area contributed by atoms with Crippen LogP contribution in [-0.4, -0.2) is 67.2 Å². The number of halogens is 2. The number of hydrogen-bond donors (Lipinski definition) is 1. The number of pyridine rings is 1. The van der Waals surface area contributed by atoms with Crippen molar-refractivity contribution in [1.82, 2.24) is 24.6 Å². The van der Waals surface area contributed by atoms with Crippen LogP contribution in [0.5, 0.6) is 5.75 Å². The lowest BCUT2D eigenvalue weighted by Gasteiger charge is -2.45. The molecule has 2 aromatic heterocycles. The van der Waals surface area contributed by atoms with Gasteiger partial charge >= 0.3 is 0 Å². The molecule has 12 heteroatoms. The van der Waals surface area contributed by atoms with Crippen LogP contribution in [-0.2, 0) is 16.8 Å². The van der Waals surface area contributed by atoms with Crippen molar-refractivity contribution in [3.05, 3.63) is 62.5 Å². The van der Waals surface area contributed by atoms with E-state index in [0.29, 0.717) is 18.1 Å². The third kappa shape index (κ3) is 4.26. The summed E-state index contributed by atoms with van der Waals surface area (Å²) in [5, 5.41) is 19.6. The standard InChI is InChI=1S/C26H27F2N5O4S/c1-14(2)32-13-26(3,25(37)31-8-4-5-9-31)33-12-17(21(34)22(35)20(33)24(32)36)23-30-29-19(38-23)10-15-6-7-16(27)11-18(15)28/h6-7,11-12,14,35H,4-5,8-10,13H2,1-3H3/t26-/m0/s1. The molecule has 5 rings (SSSR count). The zero-order valence-corrected chi connectivity index (χ0v) is 22.0. The fourth-order valence-corrected chi connectivity index (χ4v) is 5.94. The molecule has 4 heterocycles. The van der Waals surface area contributed by atoms with Gasteiger partial charge in [-0.3, -0.25) is 14.4 Å². The van der Waals surface area contributed by atoms with E-state index in [0.717, 1.165) is 36.3 Å². The Morgan fingerprint density at radius 1 is 1.18 bits per heavy atom. The predicted octanol–water partition coefficient (Wildman–Crippen LogP) is 3.14. The number of rotatable bonds is 5. The van der Waals surface area contributed by atoms with Crippen LogP contribution >= 0.6 is 11.3 Å². The Kier molecular flexibility index (Phi) is 6.54. The van der Waals surface area contributed by atoms with Crippen molar-refractivity contribution < 1.29 is 23.5 Å². The summed E-state index contributed by atoms with van der Waals surface area (Å²) < 4.78 is 28.8. The Bertz CT molecular complexity index is 1500. The summed E-state index contributed by atoms with van der Waals surface area (Å²) in [5.41, 5.74) is -2.15. The molecule has 2 aliphatic rings. The molecule has 0 bridgehead atoms. The second-order valence-corrected chi connectivity index (χ2v) is 11.2. The number of amides is 2. The van der Waals surface area contributed by atoms with Crippen molar-refractivity contribution >= 4 is 23.2 Å². The maximum atomic E-state index is 14.1. The molecule has 0 spiro atoms. The monoisotopic (exact) mass is 543 g/mol. The Labute approximate surface area is 221 Å². The highest BCUT2D eigenvalue weighted by Crippen LogP contribution is 2.36. The Morgan fingerprint density at radius 3 is 2.55 bits per heavy atom. The summed E-state index contributed by atoms with van der Waals surface area (Å²) in [6.45, 7) is 6.58. The highest BCUT2D eigenvalue weighted by Gasteiger charge is 2.49. The van der Waals surface area contributed by atoms with Gasteiger partial charge in [-0.2, -0.15) is 0 Å². The third-order valence-electron chi connectivity index (χ3n) is 7.19. The molecule has 3 aromatic rings.